The van der Waals surface area contributed by atoms with Crippen molar-refractivity contribution in [2.75, 3.05) is 19.6 Å². The van der Waals surface area contributed by atoms with Crippen LogP contribution in [-0.2, 0) is 4.79 Å². The molecule has 1 N–H and O–H groups in total. The minimum Gasteiger partial charge on any atom is -0.481 e. The molecule has 4 nitrogen and oxygen atoms in total. The van der Waals surface area contributed by atoms with E-state index >= 15 is 0 Å². The Morgan fingerprint density at radius 1 is 1.17 bits per heavy atom. The molecule has 1 aromatic carbocycles. The van der Waals surface area contributed by atoms with Crippen LogP contribution < -0.4 is 0 Å². The molecule has 124 valence electrons. The van der Waals surface area contributed by atoms with E-state index in [0.717, 1.165) is 50.9 Å². The number of carbonyl (C=O) groups excluding carboxylic acids is 1. The zero-order chi connectivity index (χ0) is 16.4. The molecule has 0 spiro atoms. The number of carboxylic acid groups (broad SMARTS) is 1. The van der Waals surface area contributed by atoms with Crippen molar-refractivity contribution in [3.05, 3.63) is 34.9 Å². The number of piperidine rings is 1. The molecule has 5 heteroatoms. The van der Waals surface area contributed by atoms with Crippen LogP contribution in [0.25, 0.3) is 0 Å². The van der Waals surface area contributed by atoms with Gasteiger partial charge in [-0.1, -0.05) is 11.6 Å². The van der Waals surface area contributed by atoms with Crippen LogP contribution in [0.1, 0.15) is 42.5 Å². The Hall–Kier alpha value is -1.39. The van der Waals surface area contributed by atoms with E-state index in [0.29, 0.717) is 5.02 Å². The van der Waals surface area contributed by atoms with Crippen molar-refractivity contribution >= 4 is 23.4 Å². The van der Waals surface area contributed by atoms with Crippen molar-refractivity contribution in [1.82, 2.24) is 4.90 Å². The van der Waals surface area contributed by atoms with Gasteiger partial charge >= 0.3 is 5.97 Å². The van der Waals surface area contributed by atoms with Gasteiger partial charge in [0.1, 0.15) is 0 Å². The Morgan fingerprint density at radius 2 is 1.78 bits per heavy atom. The minimum absolute atomic E-state index is 0.00113. The van der Waals surface area contributed by atoms with Gasteiger partial charge in [0.2, 0.25) is 0 Å². The number of benzene rings is 1. The SMILES string of the molecule is O=C(O)CC1(CN2CCC(C(=O)c3ccc(Cl)cc3)CC2)CC1. The Balaban J connectivity index is 1.51. The number of hydrogen-bond acceptors (Lipinski definition) is 3. The molecule has 2 aliphatic rings. The first-order valence-electron chi connectivity index (χ1n) is 8.21. The van der Waals surface area contributed by atoms with Crippen LogP contribution in [0, 0.1) is 11.3 Å². The summed E-state index contributed by atoms with van der Waals surface area (Å²) < 4.78 is 0. The summed E-state index contributed by atoms with van der Waals surface area (Å²) in [4.78, 5) is 25.8. The third kappa shape index (κ3) is 4.12. The molecule has 1 saturated heterocycles. The maximum absolute atomic E-state index is 12.5. The lowest BCUT2D eigenvalue weighted by Crippen LogP contribution is -2.40. The summed E-state index contributed by atoms with van der Waals surface area (Å²) in [6.07, 6.45) is 4.01. The monoisotopic (exact) mass is 335 g/mol. The Kier molecular flexibility index (Phi) is 4.74. The summed E-state index contributed by atoms with van der Waals surface area (Å²) >= 11 is 5.86. The van der Waals surface area contributed by atoms with E-state index in [4.69, 9.17) is 16.7 Å². The number of halogens is 1. The van der Waals surface area contributed by atoms with Gasteiger partial charge in [-0.3, -0.25) is 9.59 Å². The van der Waals surface area contributed by atoms with Gasteiger partial charge in [-0.25, -0.2) is 0 Å². The molecule has 1 aliphatic carbocycles. The van der Waals surface area contributed by atoms with Crippen molar-refractivity contribution in [3.63, 3.8) is 0 Å². The van der Waals surface area contributed by atoms with E-state index in [-0.39, 0.29) is 23.5 Å². The second-order valence-corrected chi connectivity index (χ2v) is 7.43. The highest BCUT2D eigenvalue weighted by atomic mass is 35.5. The summed E-state index contributed by atoms with van der Waals surface area (Å²) in [7, 11) is 0. The van der Waals surface area contributed by atoms with Gasteiger partial charge in [0, 0.05) is 23.0 Å². The number of likely N-dealkylation sites (tertiary alicyclic amines) is 1. The molecule has 0 amide bonds. The van der Waals surface area contributed by atoms with Crippen molar-refractivity contribution in [2.45, 2.75) is 32.1 Å². The fourth-order valence-corrected chi connectivity index (χ4v) is 3.69. The van der Waals surface area contributed by atoms with Gasteiger partial charge in [-0.2, -0.15) is 0 Å². The zero-order valence-electron chi connectivity index (χ0n) is 13.1. The maximum atomic E-state index is 12.5. The van der Waals surface area contributed by atoms with Gasteiger partial charge in [-0.05, 0) is 68.5 Å². The molecule has 0 bridgehead atoms. The lowest BCUT2D eigenvalue weighted by Gasteiger charge is -2.33. The molecule has 2 fully saturated rings. The molecule has 0 aromatic heterocycles. The lowest BCUT2D eigenvalue weighted by atomic mass is 9.88. The number of ketones is 1. The van der Waals surface area contributed by atoms with Crippen molar-refractivity contribution in [2.24, 2.45) is 11.3 Å². The van der Waals surface area contributed by atoms with Crippen molar-refractivity contribution in [1.29, 1.82) is 0 Å². The quantitative estimate of drug-likeness (QED) is 0.808. The number of Topliss-reactive ketones (excluding diaryl/α,β-unsaturated/α-hetero) is 1. The Morgan fingerprint density at radius 3 is 2.30 bits per heavy atom. The molecule has 1 aliphatic heterocycles. The third-order valence-electron chi connectivity index (χ3n) is 5.13. The molecule has 23 heavy (non-hydrogen) atoms. The van der Waals surface area contributed by atoms with E-state index in [1.165, 1.54) is 0 Å². The first-order chi connectivity index (χ1) is 11.0. The molecule has 0 radical (unpaired) electrons. The number of carbonyl (C=O) groups is 2. The van der Waals surface area contributed by atoms with Crippen molar-refractivity contribution < 1.29 is 14.7 Å². The van der Waals surface area contributed by atoms with Gasteiger partial charge in [0.15, 0.2) is 5.78 Å². The Labute approximate surface area is 141 Å². The van der Waals surface area contributed by atoms with E-state index in [1.807, 2.05) is 0 Å². The van der Waals surface area contributed by atoms with E-state index in [2.05, 4.69) is 4.90 Å². The molecule has 0 unspecified atom stereocenters. The van der Waals surface area contributed by atoms with Crippen LogP contribution >= 0.6 is 11.6 Å². The average Bonchev–Trinajstić information content (AvgIpc) is 3.26. The molecule has 1 saturated carbocycles. The molecule has 1 aromatic rings. The average molecular weight is 336 g/mol. The number of hydrogen-bond donors (Lipinski definition) is 1. The third-order valence-corrected chi connectivity index (χ3v) is 5.38. The van der Waals surface area contributed by atoms with Crippen LogP contribution in [0.5, 0.6) is 0 Å². The summed E-state index contributed by atoms with van der Waals surface area (Å²) in [5.41, 5.74) is 0.733. The topological polar surface area (TPSA) is 57.6 Å². The Bertz CT molecular complexity index is 587. The summed E-state index contributed by atoms with van der Waals surface area (Å²) in [5, 5.41) is 9.65. The number of rotatable bonds is 6. The highest BCUT2D eigenvalue weighted by Gasteiger charge is 2.46. The van der Waals surface area contributed by atoms with Gasteiger partial charge in [0.25, 0.3) is 0 Å². The van der Waals surface area contributed by atoms with Crippen LogP contribution in [0.3, 0.4) is 0 Å². The van der Waals surface area contributed by atoms with Crippen LogP contribution in [0.2, 0.25) is 5.02 Å². The summed E-state index contributed by atoms with van der Waals surface area (Å²) in [5.74, 6) is -0.426. The predicted molar refractivity (Wildman–Crippen MR) is 88.9 cm³/mol. The number of carboxylic acids is 1. The van der Waals surface area contributed by atoms with Crippen molar-refractivity contribution in [3.8, 4) is 0 Å². The fraction of sp³-hybridized carbons (Fsp3) is 0.556. The van der Waals surface area contributed by atoms with Crippen LogP contribution in [0.15, 0.2) is 24.3 Å². The molecule has 0 atom stereocenters. The van der Waals surface area contributed by atoms with Crippen LogP contribution in [-0.4, -0.2) is 41.4 Å². The highest BCUT2D eigenvalue weighted by molar-refractivity contribution is 6.30. The summed E-state index contributed by atoms with van der Waals surface area (Å²) in [6.45, 7) is 2.62. The van der Waals surface area contributed by atoms with Gasteiger partial charge in [-0.15, -0.1) is 0 Å². The number of nitrogens with zero attached hydrogens (tertiary/aromatic N) is 1. The molecular weight excluding hydrogens is 314 g/mol. The van der Waals surface area contributed by atoms with E-state index in [9.17, 15) is 9.59 Å². The maximum Gasteiger partial charge on any atom is 0.303 e. The predicted octanol–water partition coefficient (Wildman–Crippen LogP) is 3.49. The minimum atomic E-state index is -0.699. The van der Waals surface area contributed by atoms with Gasteiger partial charge in [0.05, 0.1) is 6.42 Å². The highest BCUT2D eigenvalue weighted by Crippen LogP contribution is 2.49. The van der Waals surface area contributed by atoms with E-state index in [1.54, 1.807) is 24.3 Å². The second kappa shape index (κ2) is 6.62. The smallest absolute Gasteiger partial charge is 0.303 e. The largest absolute Gasteiger partial charge is 0.481 e. The van der Waals surface area contributed by atoms with E-state index < -0.39 is 5.97 Å². The fourth-order valence-electron chi connectivity index (χ4n) is 3.57. The number of aliphatic carboxylic acids is 1. The standard InChI is InChI=1S/C18H22ClNO3/c19-15-3-1-13(2-4-15)17(23)14-5-9-20(10-6-14)12-18(7-8-18)11-16(21)22/h1-4,14H,5-12H2,(H,21,22). The second-order valence-electron chi connectivity index (χ2n) is 6.99. The molecule has 1 heterocycles. The first kappa shape index (κ1) is 16.5. The molecular formula is C18H22ClNO3. The van der Waals surface area contributed by atoms with Crippen LogP contribution in [0.4, 0.5) is 0 Å². The lowest BCUT2D eigenvalue weighted by molar-refractivity contribution is -0.138. The zero-order valence-corrected chi connectivity index (χ0v) is 13.9. The van der Waals surface area contributed by atoms with Gasteiger partial charge < -0.3 is 10.0 Å². The normalized spacial score (nSPS) is 21.1. The first-order valence-corrected chi connectivity index (χ1v) is 8.59. The summed E-state index contributed by atoms with van der Waals surface area (Å²) in [6, 6.07) is 7.10. The molecule has 3 rings (SSSR count).